The molecule has 2 saturated heterocycles. The number of hydrogen-bond acceptors (Lipinski definition) is 5. The minimum absolute atomic E-state index is 0.0792. The summed E-state index contributed by atoms with van der Waals surface area (Å²) in [4.78, 5) is 21.6. The van der Waals surface area contributed by atoms with Gasteiger partial charge >= 0.3 is 0 Å². The SMILES string of the molecule is Nc1ccc(-n2cccn2)nc1CC(=O)N1CC2CC(N3CC(F)C3)CC2C1. The van der Waals surface area contributed by atoms with Gasteiger partial charge in [0.2, 0.25) is 5.91 Å². The molecule has 2 aliphatic heterocycles. The maximum absolute atomic E-state index is 13.1. The summed E-state index contributed by atoms with van der Waals surface area (Å²) in [5.41, 5.74) is 7.20. The number of hydrogen-bond donors (Lipinski definition) is 1. The van der Waals surface area contributed by atoms with E-state index < -0.39 is 6.17 Å². The van der Waals surface area contributed by atoms with Crippen molar-refractivity contribution in [3.05, 3.63) is 36.3 Å². The number of rotatable bonds is 4. The van der Waals surface area contributed by atoms with Gasteiger partial charge in [0.05, 0.1) is 17.8 Å². The maximum atomic E-state index is 13.1. The van der Waals surface area contributed by atoms with E-state index in [1.807, 2.05) is 17.2 Å². The van der Waals surface area contributed by atoms with Crippen molar-refractivity contribution in [1.29, 1.82) is 0 Å². The molecular formula is C20H25FN6O. The van der Waals surface area contributed by atoms with Gasteiger partial charge in [-0.1, -0.05) is 0 Å². The van der Waals surface area contributed by atoms with E-state index in [4.69, 9.17) is 5.73 Å². The van der Waals surface area contributed by atoms with Crippen LogP contribution >= 0.6 is 0 Å². The van der Waals surface area contributed by atoms with Crippen LogP contribution in [0.15, 0.2) is 30.6 Å². The highest BCUT2D eigenvalue weighted by molar-refractivity contribution is 5.80. The standard InChI is InChI=1S/C20H25FN6O/c21-15-11-25(12-15)16-6-13-9-26(10-14(13)7-16)20(28)8-18-17(22)2-3-19(24-18)27-5-1-4-23-27/h1-5,13-16H,6-12,22H2. The fraction of sp³-hybridized carbons (Fsp3) is 0.550. The van der Waals surface area contributed by atoms with Crippen LogP contribution in [0.2, 0.25) is 0 Å². The Kier molecular flexibility index (Phi) is 4.30. The summed E-state index contributed by atoms with van der Waals surface area (Å²) in [6, 6.07) is 5.91. The number of carbonyl (C=O) groups excluding carboxylic acids is 1. The second kappa shape index (κ2) is 6.84. The number of nitrogens with two attached hydrogens (primary N) is 1. The van der Waals surface area contributed by atoms with Gasteiger partial charge in [-0.15, -0.1) is 0 Å². The molecule has 1 aliphatic carbocycles. The molecule has 2 N–H and O–H groups in total. The van der Waals surface area contributed by atoms with Gasteiger partial charge < -0.3 is 10.6 Å². The lowest BCUT2D eigenvalue weighted by Gasteiger charge is -2.39. The fourth-order valence-electron chi connectivity index (χ4n) is 4.95. The topological polar surface area (TPSA) is 80.3 Å². The highest BCUT2D eigenvalue weighted by Gasteiger charge is 2.46. The van der Waals surface area contributed by atoms with Crippen LogP contribution in [0.3, 0.4) is 0 Å². The van der Waals surface area contributed by atoms with Crippen molar-refractivity contribution in [2.24, 2.45) is 11.8 Å². The number of nitrogen functional groups attached to an aromatic ring is 1. The molecule has 4 heterocycles. The monoisotopic (exact) mass is 384 g/mol. The molecule has 2 unspecified atom stereocenters. The van der Waals surface area contributed by atoms with Crippen LogP contribution in [-0.4, -0.2) is 68.9 Å². The molecule has 7 nitrogen and oxygen atoms in total. The van der Waals surface area contributed by atoms with Crippen LogP contribution < -0.4 is 5.73 Å². The molecule has 2 aromatic heterocycles. The summed E-state index contributed by atoms with van der Waals surface area (Å²) >= 11 is 0. The molecule has 148 valence electrons. The van der Waals surface area contributed by atoms with Crippen LogP contribution in [0, 0.1) is 11.8 Å². The number of fused-ring (bicyclic) bond motifs is 1. The minimum Gasteiger partial charge on any atom is -0.397 e. The van der Waals surface area contributed by atoms with Crippen molar-refractivity contribution < 1.29 is 9.18 Å². The zero-order chi connectivity index (χ0) is 19.3. The van der Waals surface area contributed by atoms with Gasteiger partial charge in [0.15, 0.2) is 5.82 Å². The van der Waals surface area contributed by atoms with Crippen LogP contribution in [0.4, 0.5) is 10.1 Å². The quantitative estimate of drug-likeness (QED) is 0.859. The van der Waals surface area contributed by atoms with E-state index in [9.17, 15) is 9.18 Å². The summed E-state index contributed by atoms with van der Waals surface area (Å²) in [5, 5.41) is 4.18. The third kappa shape index (κ3) is 3.15. The van der Waals surface area contributed by atoms with Gasteiger partial charge in [-0.3, -0.25) is 9.69 Å². The van der Waals surface area contributed by atoms with Crippen molar-refractivity contribution in [3.63, 3.8) is 0 Å². The number of amides is 1. The normalized spacial score (nSPS) is 27.8. The van der Waals surface area contributed by atoms with Gasteiger partial charge in [-0.2, -0.15) is 5.10 Å². The van der Waals surface area contributed by atoms with Gasteiger partial charge in [-0.25, -0.2) is 14.1 Å². The number of halogens is 1. The van der Waals surface area contributed by atoms with E-state index >= 15 is 0 Å². The number of pyridine rings is 1. The predicted octanol–water partition coefficient (Wildman–Crippen LogP) is 1.28. The molecule has 1 saturated carbocycles. The Bertz CT molecular complexity index is 852. The number of carbonyl (C=O) groups is 1. The predicted molar refractivity (Wildman–Crippen MR) is 103 cm³/mol. The second-order valence-electron chi connectivity index (χ2n) is 8.33. The molecule has 0 aromatic carbocycles. The molecule has 3 fully saturated rings. The zero-order valence-corrected chi connectivity index (χ0v) is 15.7. The molecule has 0 radical (unpaired) electrons. The smallest absolute Gasteiger partial charge is 0.228 e. The second-order valence-corrected chi connectivity index (χ2v) is 8.33. The molecule has 2 atom stereocenters. The fourth-order valence-corrected chi connectivity index (χ4v) is 4.95. The van der Waals surface area contributed by atoms with Crippen molar-refractivity contribution in [1.82, 2.24) is 24.6 Å². The Labute approximate surface area is 163 Å². The summed E-state index contributed by atoms with van der Waals surface area (Å²) in [5.74, 6) is 1.81. The average Bonchev–Trinajstić information content (AvgIpc) is 3.36. The van der Waals surface area contributed by atoms with E-state index in [1.54, 1.807) is 23.0 Å². The highest BCUT2D eigenvalue weighted by Crippen LogP contribution is 2.41. The largest absolute Gasteiger partial charge is 0.397 e. The third-order valence-corrected chi connectivity index (χ3v) is 6.51. The summed E-state index contributed by atoms with van der Waals surface area (Å²) in [6.45, 7) is 2.77. The van der Waals surface area contributed by atoms with Crippen molar-refractivity contribution in [2.45, 2.75) is 31.5 Å². The first-order valence-corrected chi connectivity index (χ1v) is 9.98. The summed E-state index contributed by atoms with van der Waals surface area (Å²) < 4.78 is 14.8. The Morgan fingerprint density at radius 1 is 1.18 bits per heavy atom. The van der Waals surface area contributed by atoms with E-state index in [2.05, 4.69) is 15.0 Å². The Hall–Kier alpha value is -2.48. The van der Waals surface area contributed by atoms with E-state index in [-0.39, 0.29) is 12.3 Å². The van der Waals surface area contributed by atoms with E-state index in [0.717, 1.165) is 25.9 Å². The lowest BCUT2D eigenvalue weighted by Crippen LogP contribution is -2.53. The number of aromatic nitrogens is 3. The molecule has 5 rings (SSSR count). The number of likely N-dealkylation sites (tertiary alicyclic amines) is 2. The highest BCUT2D eigenvalue weighted by atomic mass is 19.1. The van der Waals surface area contributed by atoms with E-state index in [1.165, 1.54) is 0 Å². The lowest BCUT2D eigenvalue weighted by atomic mass is 10.0. The third-order valence-electron chi connectivity index (χ3n) is 6.51. The van der Waals surface area contributed by atoms with Gasteiger partial charge in [0, 0.05) is 44.6 Å². The molecule has 28 heavy (non-hydrogen) atoms. The van der Waals surface area contributed by atoms with Gasteiger partial charge in [-0.05, 0) is 42.9 Å². The van der Waals surface area contributed by atoms with Crippen LogP contribution in [0.25, 0.3) is 5.82 Å². The number of anilines is 1. The number of nitrogens with zero attached hydrogens (tertiary/aromatic N) is 5. The first-order chi connectivity index (χ1) is 13.6. The van der Waals surface area contributed by atoms with Gasteiger partial charge in [0.1, 0.15) is 6.17 Å². The average molecular weight is 384 g/mol. The minimum atomic E-state index is -0.644. The maximum Gasteiger partial charge on any atom is 0.228 e. The number of alkyl halides is 1. The lowest BCUT2D eigenvalue weighted by molar-refractivity contribution is -0.129. The van der Waals surface area contributed by atoms with E-state index in [0.29, 0.717) is 48.2 Å². The first kappa shape index (κ1) is 17.6. The van der Waals surface area contributed by atoms with Gasteiger partial charge in [0.25, 0.3) is 0 Å². The summed E-state index contributed by atoms with van der Waals surface area (Å²) in [6.07, 6.45) is 5.22. The van der Waals surface area contributed by atoms with Crippen LogP contribution in [-0.2, 0) is 11.2 Å². The zero-order valence-electron chi connectivity index (χ0n) is 15.7. The first-order valence-electron chi connectivity index (χ1n) is 9.98. The molecule has 0 bridgehead atoms. The Morgan fingerprint density at radius 2 is 1.93 bits per heavy atom. The Balaban J connectivity index is 1.21. The molecular weight excluding hydrogens is 359 g/mol. The van der Waals surface area contributed by atoms with Crippen molar-refractivity contribution >= 4 is 11.6 Å². The molecule has 3 aliphatic rings. The Morgan fingerprint density at radius 3 is 2.57 bits per heavy atom. The molecule has 2 aromatic rings. The molecule has 8 heteroatoms. The molecule has 0 spiro atoms. The summed E-state index contributed by atoms with van der Waals surface area (Å²) in [7, 11) is 0. The van der Waals surface area contributed by atoms with Crippen molar-refractivity contribution in [2.75, 3.05) is 31.9 Å². The van der Waals surface area contributed by atoms with Crippen LogP contribution in [0.5, 0.6) is 0 Å². The molecule has 1 amide bonds. The van der Waals surface area contributed by atoms with Crippen molar-refractivity contribution in [3.8, 4) is 5.82 Å². The van der Waals surface area contributed by atoms with Crippen LogP contribution in [0.1, 0.15) is 18.5 Å².